The van der Waals surface area contributed by atoms with Crippen molar-refractivity contribution in [1.29, 1.82) is 0 Å². The highest BCUT2D eigenvalue weighted by atomic mass is 35.5. The molecule has 172 valence electrons. The van der Waals surface area contributed by atoms with Crippen LogP contribution in [0.25, 0.3) is 10.9 Å². The number of fused-ring (bicyclic) bond motifs is 3. The van der Waals surface area contributed by atoms with Crippen molar-refractivity contribution in [2.45, 2.75) is 43.9 Å². The van der Waals surface area contributed by atoms with E-state index < -0.39 is 0 Å². The molecule has 2 atom stereocenters. The Bertz CT molecular complexity index is 1180. The predicted octanol–water partition coefficient (Wildman–Crippen LogP) is 4.95. The average molecular weight is 468 g/mol. The molecule has 3 aromatic rings. The number of ether oxygens (including phenoxy) is 1. The summed E-state index contributed by atoms with van der Waals surface area (Å²) in [5.74, 6) is -0.0152. The molecule has 3 saturated heterocycles. The van der Waals surface area contributed by atoms with E-state index in [1.54, 1.807) is 12.1 Å². The quantitative estimate of drug-likeness (QED) is 0.590. The fourth-order valence-electron chi connectivity index (χ4n) is 5.84. The number of carbonyl (C=O) groups excluding carboxylic acids is 1. The molecule has 4 heterocycles. The summed E-state index contributed by atoms with van der Waals surface area (Å²) in [6.07, 6.45) is 2.81. The molecule has 6 rings (SSSR count). The lowest BCUT2D eigenvalue weighted by atomic mass is 9.88. The molecule has 1 N–H and O–H groups in total. The smallest absolute Gasteiger partial charge is 0.271 e. The lowest BCUT2D eigenvalue weighted by Gasteiger charge is -2.33. The fourth-order valence-corrected chi connectivity index (χ4v) is 6.16. The van der Waals surface area contributed by atoms with Gasteiger partial charge in [0.2, 0.25) is 0 Å². The van der Waals surface area contributed by atoms with Crippen molar-refractivity contribution in [3.63, 3.8) is 0 Å². The second-order valence-corrected chi connectivity index (χ2v) is 9.92. The molecule has 2 bridgehead atoms. The van der Waals surface area contributed by atoms with Crippen molar-refractivity contribution in [2.75, 3.05) is 26.2 Å². The minimum atomic E-state index is -0.214. The monoisotopic (exact) mass is 467 g/mol. The Morgan fingerprint density at radius 1 is 1.15 bits per heavy atom. The van der Waals surface area contributed by atoms with Crippen LogP contribution in [0, 0.1) is 5.82 Å². The topological polar surface area (TPSA) is 48.6 Å². The molecule has 0 aliphatic carbocycles. The maximum absolute atomic E-state index is 14.4. The number of nitrogens with one attached hydrogen (secondary N) is 1. The van der Waals surface area contributed by atoms with E-state index in [0.717, 1.165) is 48.8 Å². The summed E-state index contributed by atoms with van der Waals surface area (Å²) >= 11 is 6.32. The summed E-state index contributed by atoms with van der Waals surface area (Å²) in [5.41, 5.74) is 3.39. The second kappa shape index (κ2) is 8.42. The largest absolute Gasteiger partial charge is 0.374 e. The van der Waals surface area contributed by atoms with Crippen LogP contribution < -0.4 is 0 Å². The van der Waals surface area contributed by atoms with Crippen molar-refractivity contribution in [3.8, 4) is 0 Å². The van der Waals surface area contributed by atoms with Crippen LogP contribution >= 0.6 is 11.6 Å². The number of H-pyrrole nitrogens is 1. The lowest BCUT2D eigenvalue weighted by molar-refractivity contribution is 0.0255. The molecule has 0 saturated carbocycles. The number of piperidine rings is 1. The van der Waals surface area contributed by atoms with Gasteiger partial charge in [-0.15, -0.1) is 0 Å². The van der Waals surface area contributed by atoms with Crippen molar-refractivity contribution < 1.29 is 13.9 Å². The van der Waals surface area contributed by atoms with Crippen molar-refractivity contribution in [2.24, 2.45) is 0 Å². The third kappa shape index (κ3) is 3.74. The zero-order chi connectivity index (χ0) is 22.5. The van der Waals surface area contributed by atoms with Gasteiger partial charge in [-0.05, 0) is 56.5 Å². The highest BCUT2D eigenvalue weighted by Gasteiger charge is 2.42. The maximum Gasteiger partial charge on any atom is 0.271 e. The number of para-hydroxylation sites is 1. The highest BCUT2D eigenvalue weighted by molar-refractivity contribution is 6.31. The number of hydrogen-bond acceptors (Lipinski definition) is 3. The summed E-state index contributed by atoms with van der Waals surface area (Å²) in [4.78, 5) is 21.3. The number of halogens is 2. The number of nitrogens with zero attached hydrogens (tertiary/aromatic N) is 2. The SMILES string of the molecule is O=C(c1[nH]c2ccccc2c1CN1CCC(c2c(F)cccc2Cl)CC1)N1CC2C[C@H]1CO2. The van der Waals surface area contributed by atoms with Crippen LogP contribution in [0.1, 0.15) is 46.8 Å². The molecule has 3 fully saturated rings. The number of aromatic amines is 1. The second-order valence-electron chi connectivity index (χ2n) is 9.51. The van der Waals surface area contributed by atoms with E-state index in [1.165, 1.54) is 6.07 Å². The van der Waals surface area contributed by atoms with Crippen molar-refractivity contribution >= 4 is 28.4 Å². The minimum Gasteiger partial charge on any atom is -0.374 e. The molecule has 1 amide bonds. The van der Waals surface area contributed by atoms with Crippen LogP contribution in [0.3, 0.4) is 0 Å². The Morgan fingerprint density at radius 3 is 2.70 bits per heavy atom. The van der Waals surface area contributed by atoms with E-state index in [2.05, 4.69) is 16.0 Å². The van der Waals surface area contributed by atoms with Gasteiger partial charge in [-0.25, -0.2) is 4.39 Å². The summed E-state index contributed by atoms with van der Waals surface area (Å²) in [5, 5.41) is 1.61. The third-order valence-corrected chi connectivity index (χ3v) is 7.90. The molecule has 3 aliphatic heterocycles. The van der Waals surface area contributed by atoms with Gasteiger partial charge < -0.3 is 14.6 Å². The Labute approximate surface area is 197 Å². The summed E-state index contributed by atoms with van der Waals surface area (Å²) in [7, 11) is 0. The molecule has 0 spiro atoms. The van der Waals surface area contributed by atoms with Crippen LogP contribution in [0.2, 0.25) is 5.02 Å². The number of likely N-dealkylation sites (tertiary alicyclic amines) is 2. The Balaban J connectivity index is 1.23. The summed E-state index contributed by atoms with van der Waals surface area (Å²) < 4.78 is 20.1. The summed E-state index contributed by atoms with van der Waals surface area (Å²) in [6.45, 7) is 3.68. The van der Waals surface area contributed by atoms with E-state index in [4.69, 9.17) is 16.3 Å². The number of hydrogen-bond donors (Lipinski definition) is 1. The zero-order valence-electron chi connectivity index (χ0n) is 18.4. The zero-order valence-corrected chi connectivity index (χ0v) is 19.2. The van der Waals surface area contributed by atoms with Gasteiger partial charge in [0, 0.05) is 40.1 Å². The Kier molecular flexibility index (Phi) is 5.40. The predicted molar refractivity (Wildman–Crippen MR) is 126 cm³/mol. The Hall–Kier alpha value is -2.41. The van der Waals surface area contributed by atoms with Gasteiger partial charge in [0.25, 0.3) is 5.91 Å². The Morgan fingerprint density at radius 2 is 1.97 bits per heavy atom. The normalized spacial score (nSPS) is 23.6. The summed E-state index contributed by atoms with van der Waals surface area (Å²) in [6, 6.07) is 13.2. The number of amides is 1. The third-order valence-electron chi connectivity index (χ3n) is 7.57. The maximum atomic E-state index is 14.4. The average Bonchev–Trinajstić information content (AvgIpc) is 3.55. The first-order chi connectivity index (χ1) is 16.1. The van der Waals surface area contributed by atoms with Crippen LogP contribution in [0.4, 0.5) is 4.39 Å². The van der Waals surface area contributed by atoms with Crippen LogP contribution in [0.5, 0.6) is 0 Å². The van der Waals surface area contributed by atoms with Gasteiger partial charge in [0.1, 0.15) is 11.5 Å². The lowest BCUT2D eigenvalue weighted by Crippen LogP contribution is -2.42. The standard InChI is InChI=1S/C26H27ClFN3O2/c27-21-5-3-6-22(28)24(21)16-8-10-30(11-9-16)14-20-19-4-1-2-7-23(19)29-25(20)26(32)31-13-18-12-17(31)15-33-18/h1-7,16-18,29H,8-15H2/t17-,18?/m0/s1. The molecule has 0 radical (unpaired) electrons. The van der Waals surface area contributed by atoms with E-state index in [0.29, 0.717) is 36.0 Å². The van der Waals surface area contributed by atoms with Gasteiger partial charge >= 0.3 is 0 Å². The van der Waals surface area contributed by atoms with Gasteiger partial charge in [-0.3, -0.25) is 9.69 Å². The molecule has 3 aliphatic rings. The van der Waals surface area contributed by atoms with Crippen LogP contribution in [0.15, 0.2) is 42.5 Å². The molecule has 33 heavy (non-hydrogen) atoms. The number of aromatic nitrogens is 1. The molecular formula is C26H27ClFN3O2. The minimum absolute atomic E-state index is 0.0741. The van der Waals surface area contributed by atoms with E-state index >= 15 is 0 Å². The molecular weight excluding hydrogens is 441 g/mol. The number of morpholine rings is 1. The van der Waals surface area contributed by atoms with Gasteiger partial charge in [-0.1, -0.05) is 35.9 Å². The van der Waals surface area contributed by atoms with Crippen LogP contribution in [-0.2, 0) is 11.3 Å². The van der Waals surface area contributed by atoms with Gasteiger partial charge in [-0.2, -0.15) is 0 Å². The molecule has 7 heteroatoms. The molecule has 2 aromatic carbocycles. The van der Waals surface area contributed by atoms with Crippen LogP contribution in [-0.4, -0.2) is 59.1 Å². The van der Waals surface area contributed by atoms with E-state index in [1.807, 2.05) is 23.1 Å². The fraction of sp³-hybridized carbons (Fsp3) is 0.423. The van der Waals surface area contributed by atoms with E-state index in [9.17, 15) is 9.18 Å². The highest BCUT2D eigenvalue weighted by Crippen LogP contribution is 2.36. The van der Waals surface area contributed by atoms with Gasteiger partial charge in [0.15, 0.2) is 0 Å². The van der Waals surface area contributed by atoms with Crippen molar-refractivity contribution in [3.05, 3.63) is 70.1 Å². The number of rotatable bonds is 4. The molecule has 5 nitrogen and oxygen atoms in total. The first kappa shape index (κ1) is 21.1. The molecule has 1 unspecified atom stereocenters. The number of benzene rings is 2. The molecule has 1 aromatic heterocycles. The van der Waals surface area contributed by atoms with E-state index in [-0.39, 0.29) is 29.8 Å². The number of carbonyl (C=O) groups is 1. The first-order valence-electron chi connectivity index (χ1n) is 11.8. The van der Waals surface area contributed by atoms with Crippen molar-refractivity contribution in [1.82, 2.24) is 14.8 Å². The van der Waals surface area contributed by atoms with Gasteiger partial charge in [0.05, 0.1) is 18.8 Å². The first-order valence-corrected chi connectivity index (χ1v) is 12.1.